The number of nitrogens with zero attached hydrogens (tertiary/aromatic N) is 1. The Morgan fingerprint density at radius 1 is 1.62 bits per heavy atom. The molecule has 1 aliphatic rings. The van der Waals surface area contributed by atoms with Gasteiger partial charge < -0.3 is 5.73 Å². The van der Waals surface area contributed by atoms with E-state index in [2.05, 4.69) is 17.1 Å². The third kappa shape index (κ3) is 1.69. The lowest BCUT2D eigenvalue weighted by atomic mass is 10.0. The molecule has 1 heterocycles. The average molecular weight is 179 g/mol. The van der Waals surface area contributed by atoms with E-state index in [1.807, 2.05) is 6.07 Å². The Bertz CT molecular complexity index is 279. The van der Waals surface area contributed by atoms with Gasteiger partial charge in [0, 0.05) is 17.7 Å². The molecule has 1 aliphatic carbocycles. The molecule has 72 valence electrons. The third-order valence-electron chi connectivity index (χ3n) is 3.18. The van der Waals surface area contributed by atoms with Crippen LogP contribution in [0.15, 0.2) is 6.07 Å². The van der Waals surface area contributed by atoms with Crippen molar-refractivity contribution in [1.82, 2.24) is 10.2 Å². The molecule has 0 aliphatic heterocycles. The van der Waals surface area contributed by atoms with E-state index in [1.165, 1.54) is 31.4 Å². The molecule has 0 radical (unpaired) electrons. The summed E-state index contributed by atoms with van der Waals surface area (Å²) < 4.78 is 0. The van der Waals surface area contributed by atoms with Crippen molar-refractivity contribution in [2.75, 3.05) is 5.73 Å². The van der Waals surface area contributed by atoms with Crippen molar-refractivity contribution in [3.8, 4) is 0 Å². The maximum atomic E-state index is 5.57. The third-order valence-corrected chi connectivity index (χ3v) is 3.18. The standard InChI is InChI=1S/C10H17N3/c1-2-7-3-4-8(5-7)9-6-10(11)13-12-9/h6-8H,2-5H2,1H3,(H3,11,12,13). The Morgan fingerprint density at radius 2 is 2.46 bits per heavy atom. The van der Waals surface area contributed by atoms with Gasteiger partial charge >= 0.3 is 0 Å². The first-order valence-corrected chi connectivity index (χ1v) is 5.10. The highest BCUT2D eigenvalue weighted by Crippen LogP contribution is 2.39. The van der Waals surface area contributed by atoms with Crippen molar-refractivity contribution in [2.45, 2.75) is 38.5 Å². The summed E-state index contributed by atoms with van der Waals surface area (Å²) in [6.07, 6.45) is 5.26. The van der Waals surface area contributed by atoms with Gasteiger partial charge in [0.1, 0.15) is 5.82 Å². The van der Waals surface area contributed by atoms with Crippen LogP contribution in [0.1, 0.15) is 44.2 Å². The monoisotopic (exact) mass is 179 g/mol. The largest absolute Gasteiger partial charge is 0.382 e. The van der Waals surface area contributed by atoms with Crippen LogP contribution in [0, 0.1) is 5.92 Å². The maximum Gasteiger partial charge on any atom is 0.145 e. The summed E-state index contributed by atoms with van der Waals surface area (Å²) in [4.78, 5) is 0. The first kappa shape index (κ1) is 8.60. The maximum absolute atomic E-state index is 5.57. The van der Waals surface area contributed by atoms with Crippen LogP contribution in [0.2, 0.25) is 0 Å². The van der Waals surface area contributed by atoms with Gasteiger partial charge in [-0.15, -0.1) is 0 Å². The Labute approximate surface area is 78.7 Å². The van der Waals surface area contributed by atoms with E-state index in [0.29, 0.717) is 11.7 Å². The number of aromatic nitrogens is 2. The van der Waals surface area contributed by atoms with Crippen molar-refractivity contribution in [1.29, 1.82) is 0 Å². The van der Waals surface area contributed by atoms with Gasteiger partial charge in [0.05, 0.1) is 0 Å². The number of hydrogen-bond acceptors (Lipinski definition) is 2. The summed E-state index contributed by atoms with van der Waals surface area (Å²) in [6, 6.07) is 1.97. The van der Waals surface area contributed by atoms with E-state index in [4.69, 9.17) is 5.73 Å². The quantitative estimate of drug-likeness (QED) is 0.731. The van der Waals surface area contributed by atoms with Gasteiger partial charge in [-0.3, -0.25) is 5.10 Å². The van der Waals surface area contributed by atoms with Crippen LogP contribution >= 0.6 is 0 Å². The molecule has 2 atom stereocenters. The van der Waals surface area contributed by atoms with Crippen LogP contribution in [0.25, 0.3) is 0 Å². The molecule has 0 saturated heterocycles. The number of H-pyrrole nitrogens is 1. The molecule has 1 aromatic heterocycles. The molecule has 0 aromatic carbocycles. The molecule has 13 heavy (non-hydrogen) atoms. The lowest BCUT2D eigenvalue weighted by Crippen LogP contribution is -1.95. The molecule has 1 saturated carbocycles. The number of nitrogens with two attached hydrogens (primary N) is 1. The normalized spacial score (nSPS) is 28.1. The van der Waals surface area contributed by atoms with E-state index < -0.39 is 0 Å². The Morgan fingerprint density at radius 3 is 3.00 bits per heavy atom. The van der Waals surface area contributed by atoms with E-state index in [9.17, 15) is 0 Å². The van der Waals surface area contributed by atoms with Crippen LogP contribution in [0.3, 0.4) is 0 Å². The lowest BCUT2D eigenvalue weighted by molar-refractivity contribution is 0.519. The summed E-state index contributed by atoms with van der Waals surface area (Å²) in [6.45, 7) is 2.27. The van der Waals surface area contributed by atoms with Gasteiger partial charge in [-0.25, -0.2) is 0 Å². The van der Waals surface area contributed by atoms with E-state index in [-0.39, 0.29) is 0 Å². The first-order valence-electron chi connectivity index (χ1n) is 5.10. The average Bonchev–Trinajstić information content (AvgIpc) is 2.71. The van der Waals surface area contributed by atoms with Gasteiger partial charge in [-0.1, -0.05) is 13.3 Å². The van der Waals surface area contributed by atoms with Crippen molar-refractivity contribution >= 4 is 5.82 Å². The second-order valence-electron chi connectivity index (χ2n) is 4.03. The fourth-order valence-electron chi connectivity index (χ4n) is 2.29. The summed E-state index contributed by atoms with van der Waals surface area (Å²) in [5, 5.41) is 6.98. The topological polar surface area (TPSA) is 54.7 Å². The smallest absolute Gasteiger partial charge is 0.145 e. The SMILES string of the molecule is CCC1CCC(c2cc(N)n[nH]2)C1. The molecule has 0 bridgehead atoms. The zero-order valence-electron chi connectivity index (χ0n) is 8.09. The number of anilines is 1. The molecule has 2 unspecified atom stereocenters. The van der Waals surface area contributed by atoms with Crippen molar-refractivity contribution < 1.29 is 0 Å². The van der Waals surface area contributed by atoms with Crippen LogP contribution < -0.4 is 5.73 Å². The summed E-state index contributed by atoms with van der Waals surface area (Å²) >= 11 is 0. The number of hydrogen-bond donors (Lipinski definition) is 2. The molecule has 1 aromatic rings. The van der Waals surface area contributed by atoms with E-state index >= 15 is 0 Å². The highest BCUT2D eigenvalue weighted by atomic mass is 15.2. The van der Waals surface area contributed by atoms with E-state index in [1.54, 1.807) is 0 Å². The molecular weight excluding hydrogens is 162 g/mol. The number of aromatic amines is 1. The zero-order chi connectivity index (χ0) is 9.26. The summed E-state index contributed by atoms with van der Waals surface area (Å²) in [7, 11) is 0. The van der Waals surface area contributed by atoms with Crippen molar-refractivity contribution in [3.63, 3.8) is 0 Å². The molecule has 0 amide bonds. The fraction of sp³-hybridized carbons (Fsp3) is 0.700. The van der Waals surface area contributed by atoms with Gasteiger partial charge in [-0.05, 0) is 25.2 Å². The van der Waals surface area contributed by atoms with Crippen molar-refractivity contribution in [2.24, 2.45) is 5.92 Å². The van der Waals surface area contributed by atoms with Crippen LogP contribution in [0.5, 0.6) is 0 Å². The number of rotatable bonds is 2. The molecule has 3 heteroatoms. The molecular formula is C10H17N3. The predicted molar refractivity (Wildman–Crippen MR) is 53.4 cm³/mol. The number of nitrogen functional groups attached to an aromatic ring is 1. The van der Waals surface area contributed by atoms with Crippen LogP contribution in [-0.2, 0) is 0 Å². The second kappa shape index (κ2) is 3.40. The van der Waals surface area contributed by atoms with E-state index in [0.717, 1.165) is 5.92 Å². The highest BCUT2D eigenvalue weighted by molar-refractivity contribution is 5.30. The Hall–Kier alpha value is -0.990. The summed E-state index contributed by atoms with van der Waals surface area (Å²) in [5.41, 5.74) is 6.80. The van der Waals surface area contributed by atoms with Crippen LogP contribution in [-0.4, -0.2) is 10.2 Å². The first-order chi connectivity index (χ1) is 6.29. The molecule has 2 rings (SSSR count). The van der Waals surface area contributed by atoms with Crippen LogP contribution in [0.4, 0.5) is 5.82 Å². The Balaban J connectivity index is 2.03. The minimum atomic E-state index is 0.620. The van der Waals surface area contributed by atoms with Gasteiger partial charge in [0.15, 0.2) is 0 Å². The highest BCUT2D eigenvalue weighted by Gasteiger charge is 2.25. The minimum absolute atomic E-state index is 0.620. The predicted octanol–water partition coefficient (Wildman–Crippen LogP) is 2.29. The zero-order valence-corrected chi connectivity index (χ0v) is 8.09. The molecule has 3 N–H and O–H groups in total. The van der Waals surface area contributed by atoms with Gasteiger partial charge in [-0.2, -0.15) is 5.10 Å². The minimum Gasteiger partial charge on any atom is -0.382 e. The molecule has 0 spiro atoms. The lowest BCUT2D eigenvalue weighted by Gasteiger charge is -2.06. The van der Waals surface area contributed by atoms with Crippen molar-refractivity contribution in [3.05, 3.63) is 11.8 Å². The Kier molecular flexibility index (Phi) is 2.25. The van der Waals surface area contributed by atoms with Gasteiger partial charge in [0.2, 0.25) is 0 Å². The number of nitrogens with one attached hydrogen (secondary N) is 1. The molecule has 1 fully saturated rings. The molecule has 3 nitrogen and oxygen atoms in total. The van der Waals surface area contributed by atoms with Gasteiger partial charge in [0.25, 0.3) is 0 Å². The summed E-state index contributed by atoms with van der Waals surface area (Å²) in [5.74, 6) is 2.21. The second-order valence-corrected chi connectivity index (χ2v) is 4.03. The fourth-order valence-corrected chi connectivity index (χ4v) is 2.29.